The van der Waals surface area contributed by atoms with Gasteiger partial charge in [0.1, 0.15) is 11.3 Å². The first-order valence-corrected chi connectivity index (χ1v) is 13.7. The molecule has 1 fully saturated rings. The van der Waals surface area contributed by atoms with Gasteiger partial charge in [-0.1, -0.05) is 32.0 Å². The van der Waals surface area contributed by atoms with Gasteiger partial charge < -0.3 is 19.6 Å². The Hall–Kier alpha value is -3.68. The van der Waals surface area contributed by atoms with Gasteiger partial charge in [0, 0.05) is 24.9 Å². The maximum Gasteiger partial charge on any atom is 0.296 e. The summed E-state index contributed by atoms with van der Waals surface area (Å²) in [6.07, 6.45) is 4.38. The summed E-state index contributed by atoms with van der Waals surface area (Å²) in [6, 6.07) is 11.5. The quantitative estimate of drug-likeness (QED) is 0.281. The van der Waals surface area contributed by atoms with Gasteiger partial charge in [0.15, 0.2) is 11.4 Å². The normalized spacial score (nSPS) is 17.6. The summed E-state index contributed by atoms with van der Waals surface area (Å²) in [5.74, 6) is 0.568. The number of benzene rings is 2. The number of carbonyl (C=O) groups excluding carboxylic acids is 2. The minimum absolute atomic E-state index is 0.00127. The number of amides is 1. The van der Waals surface area contributed by atoms with E-state index in [1.807, 2.05) is 62.1 Å². The molecule has 2 aromatic carbocycles. The summed E-state index contributed by atoms with van der Waals surface area (Å²) >= 11 is 0. The number of imidazole rings is 1. The van der Waals surface area contributed by atoms with Crippen LogP contribution in [-0.2, 0) is 9.59 Å². The van der Waals surface area contributed by atoms with Crippen molar-refractivity contribution in [3.05, 3.63) is 53.3 Å². The fraction of sp³-hybridized carbons (Fsp3) is 0.467. The lowest BCUT2D eigenvalue weighted by atomic mass is 9.95. The lowest BCUT2D eigenvalue weighted by Gasteiger charge is -2.36. The largest absolute Gasteiger partial charge is 0.424 e. The minimum atomic E-state index is -0.746. The van der Waals surface area contributed by atoms with Gasteiger partial charge in [-0.25, -0.2) is 4.98 Å². The van der Waals surface area contributed by atoms with Gasteiger partial charge in [0.05, 0.1) is 23.5 Å². The zero-order valence-electron chi connectivity index (χ0n) is 22.7. The van der Waals surface area contributed by atoms with Crippen molar-refractivity contribution in [2.24, 2.45) is 0 Å². The average molecular weight is 516 g/mol. The molecule has 2 N–H and O–H groups in total. The second-order valence-electron chi connectivity index (χ2n) is 10.7. The van der Waals surface area contributed by atoms with Crippen LogP contribution in [0.15, 0.2) is 40.8 Å². The third kappa shape index (κ3) is 5.44. The van der Waals surface area contributed by atoms with Crippen molar-refractivity contribution in [1.29, 1.82) is 0 Å². The van der Waals surface area contributed by atoms with Crippen molar-refractivity contribution in [1.82, 2.24) is 19.9 Å². The first-order valence-electron chi connectivity index (χ1n) is 13.7. The highest BCUT2D eigenvalue weighted by molar-refractivity contribution is 5.92. The number of Topliss-reactive ketones (excluding diaryl/α,β-unsaturated/α-hetero) is 1. The number of hydrogen-bond donors (Lipinski definition) is 2. The number of H-pyrrole nitrogens is 1. The number of nitrogens with zero attached hydrogens (tertiary/aromatic N) is 3. The molecule has 3 heterocycles. The van der Waals surface area contributed by atoms with Crippen LogP contribution in [0.2, 0.25) is 0 Å². The summed E-state index contributed by atoms with van der Waals surface area (Å²) < 4.78 is 5.90. The van der Waals surface area contributed by atoms with Crippen molar-refractivity contribution in [2.75, 3.05) is 11.9 Å². The predicted molar refractivity (Wildman–Crippen MR) is 149 cm³/mol. The number of fused-ring (bicyclic) bond motifs is 2. The number of ketones is 1. The third-order valence-corrected chi connectivity index (χ3v) is 7.73. The fourth-order valence-electron chi connectivity index (χ4n) is 5.51. The number of rotatable bonds is 9. The van der Waals surface area contributed by atoms with E-state index in [2.05, 4.69) is 22.2 Å². The molecule has 3 atom stereocenters. The molecule has 2 aromatic heterocycles. The molecular formula is C30H37N5O3. The monoisotopic (exact) mass is 515 g/mol. The molecule has 0 spiro atoms. The third-order valence-electron chi connectivity index (χ3n) is 7.73. The summed E-state index contributed by atoms with van der Waals surface area (Å²) in [5.41, 5.74) is 5.41. The predicted octanol–water partition coefficient (Wildman–Crippen LogP) is 6.05. The molecule has 5 rings (SSSR count). The van der Waals surface area contributed by atoms with Gasteiger partial charge in [0.25, 0.3) is 6.01 Å². The Bertz CT molecular complexity index is 1450. The van der Waals surface area contributed by atoms with E-state index in [4.69, 9.17) is 9.40 Å². The van der Waals surface area contributed by atoms with Crippen molar-refractivity contribution in [2.45, 2.75) is 84.2 Å². The maximum absolute atomic E-state index is 13.7. The number of nitrogens with one attached hydrogen (secondary N) is 2. The molecule has 0 saturated carbocycles. The molecule has 8 nitrogen and oxygen atoms in total. The zero-order valence-corrected chi connectivity index (χ0v) is 22.7. The number of anilines is 1. The van der Waals surface area contributed by atoms with E-state index in [1.54, 1.807) is 0 Å². The van der Waals surface area contributed by atoms with Crippen LogP contribution in [0.5, 0.6) is 0 Å². The first kappa shape index (κ1) is 25.9. The lowest BCUT2D eigenvalue weighted by Crippen LogP contribution is -2.46. The number of likely N-dealkylation sites (tertiary alicyclic amines) is 1. The number of oxazole rings is 1. The van der Waals surface area contributed by atoms with E-state index in [0.29, 0.717) is 5.58 Å². The molecule has 0 bridgehead atoms. The van der Waals surface area contributed by atoms with Crippen molar-refractivity contribution >= 4 is 39.8 Å². The van der Waals surface area contributed by atoms with Crippen LogP contribution < -0.4 is 5.32 Å². The number of piperidine rings is 1. The van der Waals surface area contributed by atoms with Crippen LogP contribution in [0, 0.1) is 13.8 Å². The van der Waals surface area contributed by atoms with E-state index < -0.39 is 6.04 Å². The molecule has 1 saturated heterocycles. The number of aromatic nitrogens is 3. The molecule has 8 heteroatoms. The Morgan fingerprint density at radius 1 is 1.16 bits per heavy atom. The van der Waals surface area contributed by atoms with Crippen LogP contribution >= 0.6 is 0 Å². The summed E-state index contributed by atoms with van der Waals surface area (Å²) in [5, 5.41) is 3.18. The Morgan fingerprint density at radius 3 is 2.79 bits per heavy atom. The molecule has 4 aromatic rings. The van der Waals surface area contributed by atoms with Gasteiger partial charge >= 0.3 is 0 Å². The van der Waals surface area contributed by atoms with Gasteiger partial charge in [0.2, 0.25) is 5.91 Å². The zero-order chi connectivity index (χ0) is 26.8. The highest BCUT2D eigenvalue weighted by Gasteiger charge is 2.31. The van der Waals surface area contributed by atoms with Crippen LogP contribution in [0.4, 0.5) is 6.01 Å². The molecule has 1 aliphatic heterocycles. The van der Waals surface area contributed by atoms with Gasteiger partial charge in [-0.3, -0.25) is 9.59 Å². The Balaban J connectivity index is 1.37. The summed E-state index contributed by atoms with van der Waals surface area (Å²) in [7, 11) is 0. The number of hydrogen-bond acceptors (Lipinski definition) is 6. The van der Waals surface area contributed by atoms with Crippen LogP contribution in [0.25, 0.3) is 22.1 Å². The van der Waals surface area contributed by atoms with E-state index >= 15 is 0 Å². The van der Waals surface area contributed by atoms with Gasteiger partial charge in [-0.15, -0.1) is 0 Å². The maximum atomic E-state index is 13.7. The van der Waals surface area contributed by atoms with Crippen LogP contribution in [0.3, 0.4) is 0 Å². The van der Waals surface area contributed by atoms with Crippen molar-refractivity contribution in [3.63, 3.8) is 0 Å². The second kappa shape index (κ2) is 11.0. The van der Waals surface area contributed by atoms with Crippen molar-refractivity contribution < 1.29 is 14.0 Å². The van der Waals surface area contributed by atoms with E-state index in [1.165, 1.54) is 0 Å². The van der Waals surface area contributed by atoms with Crippen molar-refractivity contribution in [3.8, 4) is 0 Å². The van der Waals surface area contributed by atoms with Crippen LogP contribution in [-0.4, -0.2) is 50.2 Å². The SMILES string of the molecule is CC[C@H]1CCCCN1C(=O)C[C@H](Nc1nc2cc(C)ccc2o1)C(=O)C[C@@H](C)c1nc2c(C)cccc2[nH]1. The molecule has 0 radical (unpaired) electrons. The topological polar surface area (TPSA) is 104 Å². The summed E-state index contributed by atoms with van der Waals surface area (Å²) in [6.45, 7) is 8.88. The average Bonchev–Trinajstić information content (AvgIpc) is 3.52. The first-order chi connectivity index (χ1) is 18.3. The van der Waals surface area contributed by atoms with Crippen LogP contribution in [0.1, 0.15) is 75.2 Å². The smallest absolute Gasteiger partial charge is 0.296 e. The van der Waals surface area contributed by atoms with E-state index in [-0.39, 0.29) is 42.5 Å². The molecule has 1 amide bonds. The molecule has 0 aliphatic carbocycles. The number of para-hydroxylation sites is 1. The summed E-state index contributed by atoms with van der Waals surface area (Å²) in [4.78, 5) is 41.8. The molecule has 1 aliphatic rings. The number of carbonyl (C=O) groups is 2. The second-order valence-corrected chi connectivity index (χ2v) is 10.7. The molecular weight excluding hydrogens is 478 g/mol. The molecule has 38 heavy (non-hydrogen) atoms. The highest BCUT2D eigenvalue weighted by atomic mass is 16.4. The highest BCUT2D eigenvalue weighted by Crippen LogP contribution is 2.26. The minimum Gasteiger partial charge on any atom is -0.424 e. The van der Waals surface area contributed by atoms with Gasteiger partial charge in [-0.05, 0) is 68.9 Å². The van der Waals surface area contributed by atoms with Gasteiger partial charge in [-0.2, -0.15) is 4.98 Å². The molecule has 0 unspecified atom stereocenters. The van der Waals surface area contributed by atoms with E-state index in [0.717, 1.165) is 65.7 Å². The Labute approximate surface area is 223 Å². The Morgan fingerprint density at radius 2 is 2.00 bits per heavy atom. The lowest BCUT2D eigenvalue weighted by molar-refractivity contribution is -0.137. The molecule has 200 valence electrons. The van der Waals surface area contributed by atoms with E-state index in [9.17, 15) is 9.59 Å². The fourth-order valence-corrected chi connectivity index (χ4v) is 5.51. The number of aromatic amines is 1. The number of aryl methyl sites for hydroxylation is 2. The Kier molecular flexibility index (Phi) is 7.49. The standard InChI is InChI=1S/C30H37N5O3/c1-5-21-10-6-7-14-35(21)27(37)17-23(32-30-33-24-15-18(2)12-13-26(24)38-30)25(36)16-20(4)29-31-22-11-8-9-19(3)28(22)34-29/h8-9,11-13,15,20-21,23H,5-7,10,14,16-17H2,1-4H3,(H,31,34)(H,32,33)/t20-,21+,23+/m1/s1.